The van der Waals surface area contributed by atoms with E-state index in [0.29, 0.717) is 28.0 Å². The molecule has 0 aromatic heterocycles. The van der Waals surface area contributed by atoms with Gasteiger partial charge >= 0.3 is 0 Å². The topological polar surface area (TPSA) is 56.8 Å². The molecule has 0 atom stereocenters. The van der Waals surface area contributed by atoms with Crippen molar-refractivity contribution in [2.45, 2.75) is 0 Å². The summed E-state index contributed by atoms with van der Waals surface area (Å²) >= 11 is 6.03. The number of ether oxygens (including phenoxy) is 3. The second-order valence-electron chi connectivity index (χ2n) is 4.75. The molecule has 0 heterocycles. The van der Waals surface area contributed by atoms with Crippen LogP contribution in [0, 0.1) is 0 Å². The van der Waals surface area contributed by atoms with Crippen LogP contribution in [0.3, 0.4) is 0 Å². The molecule has 0 saturated carbocycles. The van der Waals surface area contributed by atoms with Gasteiger partial charge in [-0.1, -0.05) is 23.7 Å². The van der Waals surface area contributed by atoms with Gasteiger partial charge in [0.05, 0.1) is 26.4 Å². The third-order valence-corrected chi connectivity index (χ3v) is 3.56. The van der Waals surface area contributed by atoms with Crippen molar-refractivity contribution in [3.8, 4) is 17.2 Å². The summed E-state index contributed by atoms with van der Waals surface area (Å²) in [5.41, 5.74) is 1.31. The molecule has 0 aliphatic carbocycles. The fourth-order valence-electron chi connectivity index (χ4n) is 2.14. The van der Waals surface area contributed by atoms with Gasteiger partial charge in [0.2, 0.25) is 5.91 Å². The van der Waals surface area contributed by atoms with Crippen LogP contribution in [0.25, 0.3) is 6.08 Å². The average Bonchev–Trinajstić information content (AvgIpc) is 2.59. The van der Waals surface area contributed by atoms with Gasteiger partial charge in [0.1, 0.15) is 5.75 Å². The first kappa shape index (κ1) is 17.7. The molecular formula is C18H18ClNO4. The molecule has 0 spiro atoms. The third-order valence-electron chi connectivity index (χ3n) is 3.27. The summed E-state index contributed by atoms with van der Waals surface area (Å²) in [6.45, 7) is 0. The highest BCUT2D eigenvalue weighted by Gasteiger charge is 2.08. The van der Waals surface area contributed by atoms with E-state index in [1.807, 2.05) is 12.1 Å². The van der Waals surface area contributed by atoms with E-state index in [1.165, 1.54) is 13.2 Å². The monoisotopic (exact) mass is 347 g/mol. The highest BCUT2D eigenvalue weighted by atomic mass is 35.5. The normalized spacial score (nSPS) is 10.5. The number of hydrogen-bond donors (Lipinski definition) is 1. The van der Waals surface area contributed by atoms with Crippen LogP contribution in [-0.4, -0.2) is 27.2 Å². The average molecular weight is 348 g/mol. The molecule has 2 aromatic rings. The van der Waals surface area contributed by atoms with Crippen molar-refractivity contribution in [1.29, 1.82) is 0 Å². The minimum Gasteiger partial charge on any atom is -0.495 e. The number of benzene rings is 2. The van der Waals surface area contributed by atoms with Gasteiger partial charge in [0.25, 0.3) is 0 Å². The molecule has 0 saturated heterocycles. The Labute approximate surface area is 145 Å². The Kier molecular flexibility index (Phi) is 6.09. The van der Waals surface area contributed by atoms with Crippen molar-refractivity contribution < 1.29 is 19.0 Å². The molecule has 2 rings (SSSR count). The van der Waals surface area contributed by atoms with E-state index >= 15 is 0 Å². The first-order chi connectivity index (χ1) is 11.6. The Morgan fingerprint density at radius 1 is 1.04 bits per heavy atom. The zero-order chi connectivity index (χ0) is 17.5. The second-order valence-corrected chi connectivity index (χ2v) is 5.16. The van der Waals surface area contributed by atoms with Crippen LogP contribution in [-0.2, 0) is 4.79 Å². The van der Waals surface area contributed by atoms with Gasteiger partial charge in [0.15, 0.2) is 11.5 Å². The van der Waals surface area contributed by atoms with Gasteiger partial charge in [-0.2, -0.15) is 0 Å². The number of nitrogens with one attached hydrogen (secondary N) is 1. The molecule has 1 N–H and O–H groups in total. The fourth-order valence-corrected chi connectivity index (χ4v) is 2.39. The van der Waals surface area contributed by atoms with Crippen molar-refractivity contribution in [2.24, 2.45) is 0 Å². The summed E-state index contributed by atoms with van der Waals surface area (Å²) in [5.74, 6) is 1.42. The van der Waals surface area contributed by atoms with Crippen LogP contribution in [0.4, 0.5) is 5.69 Å². The van der Waals surface area contributed by atoms with Crippen LogP contribution < -0.4 is 19.5 Å². The van der Waals surface area contributed by atoms with Gasteiger partial charge in [-0.25, -0.2) is 0 Å². The van der Waals surface area contributed by atoms with Crippen LogP contribution >= 0.6 is 11.6 Å². The van der Waals surface area contributed by atoms with Crippen molar-refractivity contribution in [3.05, 3.63) is 53.1 Å². The summed E-state index contributed by atoms with van der Waals surface area (Å²) in [7, 11) is 4.64. The van der Waals surface area contributed by atoms with Gasteiger partial charge in [-0.3, -0.25) is 4.79 Å². The first-order valence-electron chi connectivity index (χ1n) is 7.12. The molecule has 0 unspecified atom stereocenters. The number of carbonyl (C=O) groups excluding carboxylic acids is 1. The van der Waals surface area contributed by atoms with Gasteiger partial charge < -0.3 is 19.5 Å². The minimum atomic E-state index is -0.291. The zero-order valence-electron chi connectivity index (χ0n) is 13.6. The van der Waals surface area contributed by atoms with E-state index in [1.54, 1.807) is 44.6 Å². The van der Waals surface area contributed by atoms with Crippen LogP contribution in [0.5, 0.6) is 17.2 Å². The number of para-hydroxylation sites is 1. The molecule has 6 heteroatoms. The molecule has 0 aliphatic rings. The van der Waals surface area contributed by atoms with Crippen molar-refractivity contribution in [3.63, 3.8) is 0 Å². The summed E-state index contributed by atoms with van der Waals surface area (Å²) in [4.78, 5) is 12.1. The van der Waals surface area contributed by atoms with Gasteiger partial charge in [-0.05, 0) is 30.3 Å². The highest BCUT2D eigenvalue weighted by Crippen LogP contribution is 2.31. The molecule has 0 bridgehead atoms. The summed E-state index contributed by atoms with van der Waals surface area (Å²) in [6.07, 6.45) is 3.07. The first-order valence-corrected chi connectivity index (χ1v) is 7.50. The van der Waals surface area contributed by atoms with E-state index in [4.69, 9.17) is 25.8 Å². The number of amides is 1. The molecule has 126 valence electrons. The Hall–Kier alpha value is -2.66. The summed E-state index contributed by atoms with van der Waals surface area (Å²) in [6, 6.07) is 10.5. The van der Waals surface area contributed by atoms with E-state index in [0.717, 1.165) is 5.56 Å². The maximum absolute atomic E-state index is 12.1. The lowest BCUT2D eigenvalue weighted by Crippen LogP contribution is -2.07. The lowest BCUT2D eigenvalue weighted by Gasteiger charge is -2.10. The number of rotatable bonds is 6. The smallest absolute Gasteiger partial charge is 0.248 e. The number of hydrogen-bond acceptors (Lipinski definition) is 4. The van der Waals surface area contributed by atoms with E-state index in [-0.39, 0.29) is 5.91 Å². The fraction of sp³-hybridized carbons (Fsp3) is 0.167. The second kappa shape index (κ2) is 8.26. The standard InChI is InChI=1S/C18H18ClNO4/c1-22-15-9-8-13(11-14(15)19)20-17(21)10-7-12-5-4-6-16(23-2)18(12)24-3/h4-11H,1-3H3,(H,20,21)/b10-7+. The minimum absolute atomic E-state index is 0.291. The van der Waals surface area contributed by atoms with Crippen molar-refractivity contribution in [2.75, 3.05) is 26.6 Å². The summed E-state index contributed by atoms with van der Waals surface area (Å²) in [5, 5.41) is 3.16. The molecule has 0 radical (unpaired) electrons. The lowest BCUT2D eigenvalue weighted by atomic mass is 10.1. The Balaban J connectivity index is 2.12. The van der Waals surface area contributed by atoms with Crippen LogP contribution in [0.15, 0.2) is 42.5 Å². The third kappa shape index (κ3) is 4.20. The Bertz CT molecular complexity index is 759. The maximum atomic E-state index is 12.1. The highest BCUT2D eigenvalue weighted by molar-refractivity contribution is 6.32. The predicted octanol–water partition coefficient (Wildman–Crippen LogP) is 4.02. The summed E-state index contributed by atoms with van der Waals surface area (Å²) < 4.78 is 15.6. The van der Waals surface area contributed by atoms with E-state index < -0.39 is 0 Å². The molecule has 5 nitrogen and oxygen atoms in total. The number of halogens is 1. The largest absolute Gasteiger partial charge is 0.495 e. The van der Waals surface area contributed by atoms with Gasteiger partial charge in [0, 0.05) is 17.3 Å². The van der Waals surface area contributed by atoms with Crippen molar-refractivity contribution >= 4 is 29.3 Å². The molecule has 2 aromatic carbocycles. The number of carbonyl (C=O) groups is 1. The van der Waals surface area contributed by atoms with E-state index in [2.05, 4.69) is 5.32 Å². The SMILES string of the molecule is COc1ccc(NC(=O)/C=C/c2cccc(OC)c2OC)cc1Cl. The number of anilines is 1. The molecule has 24 heavy (non-hydrogen) atoms. The predicted molar refractivity (Wildman–Crippen MR) is 95.2 cm³/mol. The van der Waals surface area contributed by atoms with Crippen LogP contribution in [0.2, 0.25) is 5.02 Å². The maximum Gasteiger partial charge on any atom is 0.248 e. The Morgan fingerprint density at radius 2 is 1.79 bits per heavy atom. The lowest BCUT2D eigenvalue weighted by molar-refractivity contribution is -0.111. The molecule has 1 amide bonds. The van der Waals surface area contributed by atoms with E-state index in [9.17, 15) is 4.79 Å². The molecule has 0 aliphatic heterocycles. The zero-order valence-corrected chi connectivity index (χ0v) is 14.4. The van der Waals surface area contributed by atoms with Crippen molar-refractivity contribution in [1.82, 2.24) is 0 Å². The quantitative estimate of drug-likeness (QED) is 0.802. The Morgan fingerprint density at radius 3 is 2.42 bits per heavy atom. The van der Waals surface area contributed by atoms with Crippen LogP contribution in [0.1, 0.15) is 5.56 Å². The van der Waals surface area contributed by atoms with Gasteiger partial charge in [-0.15, -0.1) is 0 Å². The molecular weight excluding hydrogens is 330 g/mol. The number of methoxy groups -OCH3 is 3. The molecule has 0 fully saturated rings.